The number of aryl methyl sites for hydroxylation is 1. The molecule has 2 aromatic heterocycles. The van der Waals surface area contributed by atoms with Gasteiger partial charge in [-0.2, -0.15) is 43.5 Å². The van der Waals surface area contributed by atoms with Crippen molar-refractivity contribution in [1.29, 1.82) is 0 Å². The molecular formula is C37H30N10O17S5. The number of rotatable bonds is 17. The van der Waals surface area contributed by atoms with Gasteiger partial charge in [-0.1, -0.05) is 17.4 Å². The van der Waals surface area contributed by atoms with Gasteiger partial charge in [-0.05, 0) is 73.9 Å². The van der Waals surface area contributed by atoms with E-state index in [2.05, 4.69) is 40.8 Å². The van der Waals surface area contributed by atoms with Gasteiger partial charge in [0.1, 0.15) is 38.1 Å². The molecule has 0 unspecified atom stereocenters. The van der Waals surface area contributed by atoms with E-state index in [1.54, 1.807) is 6.92 Å². The Labute approximate surface area is 392 Å². The third-order valence-corrected chi connectivity index (χ3v) is 13.8. The fraction of sp³-hybridized carbons (Fsp3) is 0.135. The molecule has 7 aromatic rings. The van der Waals surface area contributed by atoms with E-state index in [-0.39, 0.29) is 79.8 Å². The van der Waals surface area contributed by atoms with Gasteiger partial charge in [-0.3, -0.25) is 28.3 Å². The molecule has 360 valence electrons. The van der Waals surface area contributed by atoms with Gasteiger partial charge in [0.25, 0.3) is 46.2 Å². The standard InChI is InChI=1S/C37H30N10O17S5/c1-19-14-28(30(64-12-2-3-13-66(52,53)54)17-27(19)42-45-37-39-33-31(65-37)15-21(47(50)51)16-32(33)68(58,59)60)43-40-25-10-9-24-23(34(25)48)8-11-26(35(24)69(61,62)63)41-44-29-18-38-46(36(29)49)20-4-6-22(7-5-20)67(55,56)57/h4-11,14-18,48-49H,2-3,12-13H2,1H3,(H,52,53,54)(H,55,56,57)(H,58,59,60)(H,61,62,63). The van der Waals surface area contributed by atoms with Gasteiger partial charge in [0.05, 0.1) is 44.5 Å². The molecule has 27 nitrogen and oxygen atoms in total. The number of nitro benzene ring substituents is 1. The van der Waals surface area contributed by atoms with Crippen molar-refractivity contribution in [2.45, 2.75) is 34.5 Å². The monoisotopic (exact) mass is 1050 g/mol. The van der Waals surface area contributed by atoms with Crippen molar-refractivity contribution in [2.75, 3.05) is 12.4 Å². The molecule has 0 bridgehead atoms. The van der Waals surface area contributed by atoms with E-state index in [4.69, 9.17) is 9.29 Å². The number of ether oxygens (including phenoxy) is 1. The molecule has 0 radical (unpaired) electrons. The van der Waals surface area contributed by atoms with E-state index < -0.39 is 88.8 Å². The summed E-state index contributed by atoms with van der Waals surface area (Å²) >= 11 is 0.729. The first-order chi connectivity index (χ1) is 32.3. The van der Waals surface area contributed by atoms with Gasteiger partial charge < -0.3 is 14.9 Å². The highest BCUT2D eigenvalue weighted by Crippen LogP contribution is 2.44. The lowest BCUT2D eigenvalue weighted by Crippen LogP contribution is -2.06. The Balaban J connectivity index is 1.20. The van der Waals surface area contributed by atoms with Crippen LogP contribution in [0.15, 0.2) is 124 Å². The highest BCUT2D eigenvalue weighted by Gasteiger charge is 2.25. The molecule has 0 amide bonds. The summed E-state index contributed by atoms with van der Waals surface area (Å²) in [6.07, 6.45) is 1.17. The molecule has 0 saturated heterocycles. The van der Waals surface area contributed by atoms with E-state index in [1.165, 1.54) is 36.4 Å². The molecule has 7 rings (SSSR count). The van der Waals surface area contributed by atoms with Crippen molar-refractivity contribution in [1.82, 2.24) is 14.8 Å². The second kappa shape index (κ2) is 19.0. The quantitative estimate of drug-likeness (QED) is 0.0164. The number of phenols is 1. The van der Waals surface area contributed by atoms with Gasteiger partial charge in [-0.25, -0.2) is 4.98 Å². The lowest BCUT2D eigenvalue weighted by atomic mass is 10.1. The lowest BCUT2D eigenvalue weighted by molar-refractivity contribution is -0.384. The molecule has 0 aliphatic carbocycles. The minimum Gasteiger partial charge on any atom is -0.505 e. The molecule has 6 N–H and O–H groups in total. The molecule has 69 heavy (non-hydrogen) atoms. The first-order valence-electron chi connectivity index (χ1n) is 18.9. The summed E-state index contributed by atoms with van der Waals surface area (Å²) in [6.45, 7) is 1.45. The number of azo groups is 3. The number of fused-ring (bicyclic) bond motifs is 2. The number of aromatic nitrogens is 3. The molecule has 0 spiro atoms. The zero-order valence-corrected chi connectivity index (χ0v) is 38.6. The van der Waals surface area contributed by atoms with E-state index in [9.17, 15) is 67.7 Å². The van der Waals surface area contributed by atoms with Crippen LogP contribution in [-0.2, 0) is 40.5 Å². The first-order valence-corrected chi connectivity index (χ1v) is 25.7. The van der Waals surface area contributed by atoms with Gasteiger partial charge in [-0.15, -0.1) is 30.7 Å². The zero-order valence-electron chi connectivity index (χ0n) is 34.5. The van der Waals surface area contributed by atoms with Gasteiger partial charge in [0.15, 0.2) is 11.4 Å². The van der Waals surface area contributed by atoms with E-state index in [0.29, 0.717) is 11.6 Å². The van der Waals surface area contributed by atoms with E-state index in [1.807, 2.05) is 0 Å². The third kappa shape index (κ3) is 11.4. The van der Waals surface area contributed by atoms with E-state index >= 15 is 0 Å². The Kier molecular flexibility index (Phi) is 13.7. The van der Waals surface area contributed by atoms with Crippen LogP contribution in [0.1, 0.15) is 18.4 Å². The molecule has 0 saturated carbocycles. The Hall–Kier alpha value is -7.30. The van der Waals surface area contributed by atoms with Crippen LogP contribution in [0.5, 0.6) is 17.4 Å². The average molecular weight is 1050 g/mol. The Morgan fingerprint density at radius 2 is 1.35 bits per heavy atom. The van der Waals surface area contributed by atoms with Crippen molar-refractivity contribution in [3.05, 3.63) is 94.7 Å². The third-order valence-electron chi connectivity index (χ3n) is 9.47. The van der Waals surface area contributed by atoms with Gasteiger partial charge >= 0.3 is 0 Å². The number of nitro groups is 1. The van der Waals surface area contributed by atoms with E-state index in [0.717, 1.165) is 52.5 Å². The normalized spacial score (nSPS) is 12.9. The van der Waals surface area contributed by atoms with Crippen LogP contribution in [0.2, 0.25) is 0 Å². The van der Waals surface area contributed by atoms with Gasteiger partial charge in [0, 0.05) is 29.0 Å². The number of aromatic hydroxyl groups is 2. The zero-order chi connectivity index (χ0) is 50.2. The van der Waals surface area contributed by atoms with Crippen LogP contribution < -0.4 is 4.74 Å². The number of phenolic OH excluding ortho intramolecular Hbond substituents is 1. The Morgan fingerprint density at radius 3 is 2.00 bits per heavy atom. The summed E-state index contributed by atoms with van der Waals surface area (Å²) in [5.41, 5.74) is -1.22. The molecule has 5 aromatic carbocycles. The number of unbranched alkanes of at least 4 members (excludes halogenated alkanes) is 1. The highest BCUT2D eigenvalue weighted by atomic mass is 32.2. The maximum Gasteiger partial charge on any atom is 0.297 e. The predicted molar refractivity (Wildman–Crippen MR) is 241 cm³/mol. The smallest absolute Gasteiger partial charge is 0.297 e. The van der Waals surface area contributed by atoms with Crippen molar-refractivity contribution >= 4 is 112 Å². The molecule has 0 fully saturated rings. The van der Waals surface area contributed by atoms with Crippen LogP contribution in [0.3, 0.4) is 0 Å². The first kappa shape index (κ1) is 49.6. The SMILES string of the molecule is Cc1cc(N=Nc2ccc3c(S(=O)(=O)O)c(N=Nc4cnn(-c5ccc(S(=O)(=O)O)cc5)c4O)ccc3c2O)c(OCCCCS(=O)(=O)O)cc1N=Nc1nc2c(S(=O)(=O)O)cc([N+](=O)[O-])cc2s1. The summed E-state index contributed by atoms with van der Waals surface area (Å²) in [4.78, 5) is 12.6. The second-order valence-electron chi connectivity index (χ2n) is 14.2. The highest BCUT2D eigenvalue weighted by molar-refractivity contribution is 7.86. The van der Waals surface area contributed by atoms with Crippen molar-refractivity contribution in [2.24, 2.45) is 30.7 Å². The van der Waals surface area contributed by atoms with Crippen LogP contribution in [0, 0.1) is 17.0 Å². The number of hydrogen-bond donors (Lipinski definition) is 6. The fourth-order valence-electron chi connectivity index (χ4n) is 6.28. The second-order valence-corrected chi connectivity index (χ2v) is 21.0. The maximum absolute atomic E-state index is 12.7. The molecule has 2 heterocycles. The summed E-state index contributed by atoms with van der Waals surface area (Å²) in [5, 5.41) is 61.1. The van der Waals surface area contributed by atoms with Crippen LogP contribution >= 0.6 is 11.3 Å². The minimum absolute atomic E-state index is 0.0000204. The van der Waals surface area contributed by atoms with Crippen LogP contribution in [-0.4, -0.2) is 94.1 Å². The molecule has 0 atom stereocenters. The number of nitrogens with zero attached hydrogens (tertiary/aromatic N) is 10. The predicted octanol–water partition coefficient (Wildman–Crippen LogP) is 8.30. The van der Waals surface area contributed by atoms with Gasteiger partial charge in [0.2, 0.25) is 11.0 Å². The van der Waals surface area contributed by atoms with Crippen molar-refractivity contribution < 1.29 is 71.8 Å². The summed E-state index contributed by atoms with van der Waals surface area (Å²) < 4.78 is 140. The topological polar surface area (TPSA) is 415 Å². The number of thiazole rings is 1. The maximum atomic E-state index is 12.7. The van der Waals surface area contributed by atoms with Crippen LogP contribution in [0.25, 0.3) is 26.7 Å². The summed E-state index contributed by atoms with van der Waals surface area (Å²) in [6, 6.07) is 13.7. The summed E-state index contributed by atoms with van der Waals surface area (Å²) in [7, 11) is -18.8. The van der Waals surface area contributed by atoms with Crippen LogP contribution in [0.4, 0.5) is 39.3 Å². The number of benzene rings is 5. The molecule has 0 aliphatic heterocycles. The van der Waals surface area contributed by atoms with Crippen molar-refractivity contribution in [3.63, 3.8) is 0 Å². The minimum atomic E-state index is -5.11. The Bertz CT molecular complexity index is 3780. The van der Waals surface area contributed by atoms with Crippen molar-refractivity contribution in [3.8, 4) is 23.1 Å². The number of non-ortho nitro benzene ring substituents is 1. The fourth-order valence-corrected chi connectivity index (χ4v) is 9.74. The molecular weight excluding hydrogens is 1020 g/mol. The lowest BCUT2D eigenvalue weighted by Gasteiger charge is -2.11. The summed E-state index contributed by atoms with van der Waals surface area (Å²) in [5.74, 6) is -1.80. The molecule has 32 heteroatoms. The Morgan fingerprint density at radius 1 is 0.710 bits per heavy atom. The average Bonchev–Trinajstić information content (AvgIpc) is 3.85. The number of hydrogen-bond acceptors (Lipinski definition) is 22. The molecule has 0 aliphatic rings. The largest absolute Gasteiger partial charge is 0.505 e.